The van der Waals surface area contributed by atoms with Crippen molar-refractivity contribution in [2.45, 2.75) is 13.8 Å². The molecule has 2 heteroatoms. The van der Waals surface area contributed by atoms with Gasteiger partial charge in [0.15, 0.2) is 0 Å². The Kier molecular flexibility index (Phi) is 3.35. The van der Waals surface area contributed by atoms with Gasteiger partial charge in [-0.2, -0.15) is 0 Å². The predicted octanol–water partition coefficient (Wildman–Crippen LogP) is 3.15. The minimum Gasteiger partial charge on any atom is -0.506 e. The largest absolute Gasteiger partial charge is 0.506 e. The van der Waals surface area contributed by atoms with Crippen LogP contribution < -0.4 is 5.73 Å². The second-order valence-corrected chi connectivity index (χ2v) is 2.72. The monoisotopic (exact) mass is 189 g/mol. The average Bonchev–Trinajstić information content (AvgIpc) is 2.27. The number of anilines is 1. The van der Waals surface area contributed by atoms with E-state index >= 15 is 0 Å². The van der Waals surface area contributed by atoms with Crippen LogP contribution in [0.3, 0.4) is 0 Å². The lowest BCUT2D eigenvalue weighted by Crippen LogP contribution is -1.86. The van der Waals surface area contributed by atoms with Crippen molar-refractivity contribution in [1.29, 1.82) is 0 Å². The van der Waals surface area contributed by atoms with Crippen LogP contribution in [0.5, 0.6) is 5.75 Å². The predicted molar refractivity (Wildman–Crippen MR) is 61.4 cm³/mol. The third-order valence-electron chi connectivity index (χ3n) is 1.95. The van der Waals surface area contributed by atoms with Crippen molar-refractivity contribution in [2.75, 3.05) is 5.73 Å². The lowest BCUT2D eigenvalue weighted by atomic mass is 10.1. The van der Waals surface area contributed by atoms with E-state index in [1.165, 1.54) is 0 Å². The number of nitrogen functional groups attached to an aromatic ring is 1. The normalized spacial score (nSPS) is 9.29. The van der Waals surface area contributed by atoms with Gasteiger partial charge in [0, 0.05) is 5.39 Å². The fraction of sp³-hybridized carbons (Fsp3) is 0.167. The highest BCUT2D eigenvalue weighted by Gasteiger charge is 2.00. The van der Waals surface area contributed by atoms with Crippen molar-refractivity contribution >= 4 is 16.5 Å². The van der Waals surface area contributed by atoms with Crippen molar-refractivity contribution in [1.82, 2.24) is 0 Å². The minimum atomic E-state index is 0.147. The van der Waals surface area contributed by atoms with Crippen molar-refractivity contribution in [3.8, 4) is 5.75 Å². The second kappa shape index (κ2) is 4.51. The molecule has 0 saturated heterocycles. The van der Waals surface area contributed by atoms with Gasteiger partial charge in [0.2, 0.25) is 0 Å². The number of phenols is 1. The first kappa shape index (κ1) is 10.4. The van der Waals surface area contributed by atoms with Crippen LogP contribution >= 0.6 is 0 Å². The van der Waals surface area contributed by atoms with Crippen LogP contribution in [0, 0.1) is 0 Å². The second-order valence-electron chi connectivity index (χ2n) is 2.72. The Morgan fingerprint density at radius 2 is 1.64 bits per heavy atom. The van der Waals surface area contributed by atoms with Gasteiger partial charge in [-0.25, -0.2) is 0 Å². The first-order valence-corrected chi connectivity index (χ1v) is 4.75. The van der Waals surface area contributed by atoms with Crippen molar-refractivity contribution in [3.63, 3.8) is 0 Å². The maximum atomic E-state index is 9.29. The first-order chi connectivity index (χ1) is 6.79. The van der Waals surface area contributed by atoms with E-state index in [0.29, 0.717) is 5.69 Å². The number of fused-ring (bicyclic) bond motifs is 1. The van der Waals surface area contributed by atoms with E-state index < -0.39 is 0 Å². The molecule has 3 N–H and O–H groups in total. The van der Waals surface area contributed by atoms with Crippen LogP contribution in [0.2, 0.25) is 0 Å². The van der Waals surface area contributed by atoms with Gasteiger partial charge < -0.3 is 10.8 Å². The Morgan fingerprint density at radius 1 is 1.00 bits per heavy atom. The first-order valence-electron chi connectivity index (χ1n) is 4.75. The molecule has 0 aliphatic heterocycles. The number of aromatic hydroxyl groups is 1. The third kappa shape index (κ3) is 1.79. The highest BCUT2D eigenvalue weighted by atomic mass is 16.3. The molecule has 0 heterocycles. The van der Waals surface area contributed by atoms with E-state index in [-0.39, 0.29) is 5.75 Å². The van der Waals surface area contributed by atoms with Crippen LogP contribution in [-0.4, -0.2) is 5.11 Å². The van der Waals surface area contributed by atoms with Gasteiger partial charge >= 0.3 is 0 Å². The molecule has 2 nitrogen and oxygen atoms in total. The fourth-order valence-electron chi connectivity index (χ4n) is 1.28. The highest BCUT2D eigenvalue weighted by Crippen LogP contribution is 2.28. The smallest absolute Gasteiger partial charge is 0.139 e. The molecule has 0 aliphatic rings. The lowest BCUT2D eigenvalue weighted by molar-refractivity contribution is 0.478. The number of hydrogen-bond acceptors (Lipinski definition) is 2. The Balaban J connectivity index is 0.000000461. The SMILES string of the molecule is CC.Nc1c(O)ccc2ccccc12. The standard InChI is InChI=1S/C10H9NO.C2H6/c11-10-8-4-2-1-3-7(8)5-6-9(10)12;1-2/h1-6,12H,11H2;1-2H3. The highest BCUT2D eigenvalue weighted by molar-refractivity contribution is 5.95. The van der Waals surface area contributed by atoms with Crippen LogP contribution in [-0.2, 0) is 0 Å². The summed E-state index contributed by atoms with van der Waals surface area (Å²) >= 11 is 0. The third-order valence-corrected chi connectivity index (χ3v) is 1.95. The van der Waals surface area contributed by atoms with Crippen LogP contribution in [0.1, 0.15) is 13.8 Å². The zero-order chi connectivity index (χ0) is 10.6. The Morgan fingerprint density at radius 3 is 2.36 bits per heavy atom. The Labute approximate surface area is 84.0 Å². The molecule has 0 radical (unpaired) electrons. The van der Waals surface area contributed by atoms with Gasteiger partial charge in [-0.3, -0.25) is 0 Å². The molecule has 2 aromatic rings. The number of benzene rings is 2. The van der Waals surface area contributed by atoms with Gasteiger partial charge in [0.1, 0.15) is 5.75 Å². The Bertz CT molecular complexity index is 424. The number of rotatable bonds is 0. The zero-order valence-electron chi connectivity index (χ0n) is 8.49. The number of phenolic OH excluding ortho intramolecular Hbond substituents is 1. The van der Waals surface area contributed by atoms with Gasteiger partial charge in [0.25, 0.3) is 0 Å². The van der Waals surface area contributed by atoms with E-state index in [2.05, 4.69) is 0 Å². The molecule has 74 valence electrons. The molecule has 0 bridgehead atoms. The molecule has 0 amide bonds. The minimum absolute atomic E-state index is 0.147. The summed E-state index contributed by atoms with van der Waals surface area (Å²) in [6.07, 6.45) is 0. The quantitative estimate of drug-likeness (QED) is 0.494. The maximum Gasteiger partial charge on any atom is 0.139 e. The summed E-state index contributed by atoms with van der Waals surface area (Å²) in [4.78, 5) is 0. The molecule has 14 heavy (non-hydrogen) atoms. The summed E-state index contributed by atoms with van der Waals surface area (Å²) in [7, 11) is 0. The van der Waals surface area contributed by atoms with Crippen LogP contribution in [0.25, 0.3) is 10.8 Å². The molecule has 0 atom stereocenters. The zero-order valence-corrected chi connectivity index (χ0v) is 8.49. The fourth-order valence-corrected chi connectivity index (χ4v) is 1.28. The summed E-state index contributed by atoms with van der Waals surface area (Å²) in [5, 5.41) is 11.2. The van der Waals surface area contributed by atoms with E-state index in [4.69, 9.17) is 5.73 Å². The number of nitrogens with two attached hydrogens (primary N) is 1. The van der Waals surface area contributed by atoms with E-state index in [0.717, 1.165) is 10.8 Å². The summed E-state index contributed by atoms with van der Waals surface area (Å²) in [6, 6.07) is 11.2. The summed E-state index contributed by atoms with van der Waals surface area (Å²) in [5.74, 6) is 0.147. The van der Waals surface area contributed by atoms with Crippen molar-refractivity contribution < 1.29 is 5.11 Å². The van der Waals surface area contributed by atoms with Gasteiger partial charge in [-0.1, -0.05) is 44.2 Å². The van der Waals surface area contributed by atoms with Crippen molar-refractivity contribution in [3.05, 3.63) is 36.4 Å². The summed E-state index contributed by atoms with van der Waals surface area (Å²) < 4.78 is 0. The molecule has 0 spiro atoms. The van der Waals surface area contributed by atoms with Gasteiger partial charge in [0.05, 0.1) is 5.69 Å². The molecule has 2 rings (SSSR count). The van der Waals surface area contributed by atoms with E-state index in [9.17, 15) is 5.11 Å². The molecule has 2 aromatic carbocycles. The van der Waals surface area contributed by atoms with Crippen LogP contribution in [0.15, 0.2) is 36.4 Å². The molecule has 0 saturated carbocycles. The van der Waals surface area contributed by atoms with E-state index in [1.54, 1.807) is 6.07 Å². The molecule has 0 fully saturated rings. The van der Waals surface area contributed by atoms with E-state index in [1.807, 2.05) is 44.2 Å². The van der Waals surface area contributed by atoms with Crippen LogP contribution in [0.4, 0.5) is 5.69 Å². The average molecular weight is 189 g/mol. The summed E-state index contributed by atoms with van der Waals surface area (Å²) in [6.45, 7) is 4.00. The van der Waals surface area contributed by atoms with Gasteiger partial charge in [-0.15, -0.1) is 0 Å². The topological polar surface area (TPSA) is 46.2 Å². The van der Waals surface area contributed by atoms with Crippen molar-refractivity contribution in [2.24, 2.45) is 0 Å². The Hall–Kier alpha value is -1.70. The maximum absolute atomic E-state index is 9.29. The number of hydrogen-bond donors (Lipinski definition) is 2. The molecule has 0 unspecified atom stereocenters. The van der Waals surface area contributed by atoms with Gasteiger partial charge in [-0.05, 0) is 11.5 Å². The molecular formula is C12H15NO. The summed E-state index contributed by atoms with van der Waals surface area (Å²) in [5.41, 5.74) is 6.12. The molecular weight excluding hydrogens is 174 g/mol. The molecule has 0 aliphatic carbocycles. The molecule has 0 aromatic heterocycles. The lowest BCUT2D eigenvalue weighted by Gasteiger charge is -2.02.